The standard InChI is InChI=1S/C6H8O7.Fe.H3N/c7-3(8)1-6(13,5(11)12)2-4(9)10;;/h13H,1-2H2,(H,7,8)(H,9,10)(H,11,12);;1H3/q;+3;/p-2. The van der Waals surface area contributed by atoms with E-state index in [0.29, 0.717) is 0 Å². The number of carbonyl (C=O) groups is 3. The van der Waals surface area contributed by atoms with Gasteiger partial charge in [-0.15, -0.1) is 0 Å². The van der Waals surface area contributed by atoms with Crippen LogP contribution in [0.15, 0.2) is 0 Å². The van der Waals surface area contributed by atoms with Crippen LogP contribution in [0.5, 0.6) is 0 Å². The molecule has 0 fully saturated rings. The number of hydrogen-bond acceptors (Lipinski definition) is 7. The fourth-order valence-electron chi connectivity index (χ4n) is 0.684. The van der Waals surface area contributed by atoms with Crippen LogP contribution in [0.25, 0.3) is 0 Å². The number of carboxylic acids is 3. The molecule has 0 atom stereocenters. The van der Waals surface area contributed by atoms with Crippen molar-refractivity contribution in [3.8, 4) is 0 Å². The topological polar surface area (TPSA) is 177 Å². The molecule has 1 radical (unpaired) electrons. The maximum Gasteiger partial charge on any atom is 3.00 e. The minimum atomic E-state index is -2.97. The maximum absolute atomic E-state index is 10.1. The van der Waals surface area contributed by atoms with Gasteiger partial charge in [0.15, 0.2) is 0 Å². The molecule has 0 aliphatic heterocycles. The Morgan fingerprint density at radius 2 is 1.27 bits per heavy atom. The van der Waals surface area contributed by atoms with Crippen molar-refractivity contribution < 1.29 is 51.9 Å². The van der Waals surface area contributed by atoms with Crippen molar-refractivity contribution in [1.82, 2.24) is 6.15 Å². The second kappa shape index (κ2) is 7.18. The Balaban J connectivity index is -0.000000720. The third kappa shape index (κ3) is 6.86. The van der Waals surface area contributed by atoms with Crippen LogP contribution < -0.4 is 21.5 Å². The van der Waals surface area contributed by atoms with Gasteiger partial charge in [-0.1, -0.05) is 0 Å². The van der Waals surface area contributed by atoms with Crippen molar-refractivity contribution >= 4 is 17.9 Å². The zero-order valence-corrected chi connectivity index (χ0v) is 8.77. The van der Waals surface area contributed by atoms with Crippen molar-refractivity contribution in [3.63, 3.8) is 0 Å². The van der Waals surface area contributed by atoms with Gasteiger partial charge in [0, 0.05) is 24.8 Å². The van der Waals surface area contributed by atoms with E-state index in [1.165, 1.54) is 0 Å². The minimum Gasteiger partial charge on any atom is -0.550 e. The molecule has 8 nitrogen and oxygen atoms in total. The predicted molar refractivity (Wildman–Crippen MR) is 35.2 cm³/mol. The van der Waals surface area contributed by atoms with Gasteiger partial charge in [-0.05, 0) is 0 Å². The molecular weight excluding hydrogens is 254 g/mol. The summed E-state index contributed by atoms with van der Waals surface area (Å²) in [6.45, 7) is 0. The third-order valence-electron chi connectivity index (χ3n) is 1.25. The second-order valence-corrected chi connectivity index (χ2v) is 2.42. The largest absolute Gasteiger partial charge is 3.00 e. The number of aliphatic carboxylic acids is 3. The van der Waals surface area contributed by atoms with Gasteiger partial charge in [-0.2, -0.15) is 0 Å². The van der Waals surface area contributed by atoms with E-state index < -0.39 is 36.4 Å². The van der Waals surface area contributed by atoms with Crippen LogP contribution in [0.4, 0.5) is 0 Å². The molecule has 15 heavy (non-hydrogen) atoms. The summed E-state index contributed by atoms with van der Waals surface area (Å²) in [5, 5.41) is 38.9. The number of carboxylic acid groups (broad SMARTS) is 3. The van der Waals surface area contributed by atoms with Gasteiger partial charge in [0.25, 0.3) is 0 Å². The van der Waals surface area contributed by atoms with Gasteiger partial charge in [-0.25, -0.2) is 0 Å². The Morgan fingerprint density at radius 1 is 1.00 bits per heavy atom. The zero-order valence-electron chi connectivity index (χ0n) is 7.66. The van der Waals surface area contributed by atoms with E-state index in [1.54, 1.807) is 0 Å². The summed E-state index contributed by atoms with van der Waals surface area (Å²) in [6, 6.07) is 0. The average molecular weight is 263 g/mol. The predicted octanol–water partition coefficient (Wildman–Crippen LogP) is -4.88. The second-order valence-electron chi connectivity index (χ2n) is 2.42. The van der Waals surface area contributed by atoms with Gasteiger partial charge < -0.3 is 41.0 Å². The Bertz CT molecular complexity index is 238. The van der Waals surface area contributed by atoms with E-state index in [-0.39, 0.29) is 23.2 Å². The van der Waals surface area contributed by atoms with Gasteiger partial charge >= 0.3 is 17.1 Å². The van der Waals surface area contributed by atoms with Crippen LogP contribution in [0.2, 0.25) is 0 Å². The summed E-state index contributed by atoms with van der Waals surface area (Å²) in [5.41, 5.74) is -2.97. The number of carbonyl (C=O) groups excluding carboxylic acids is 3. The van der Waals surface area contributed by atoms with Crippen LogP contribution in [-0.2, 0) is 31.5 Å². The molecule has 0 aromatic rings. The quantitative estimate of drug-likeness (QED) is 0.466. The van der Waals surface area contributed by atoms with Crippen molar-refractivity contribution in [3.05, 3.63) is 0 Å². The van der Waals surface area contributed by atoms with Crippen molar-refractivity contribution in [2.24, 2.45) is 0 Å². The summed E-state index contributed by atoms with van der Waals surface area (Å²) in [6.07, 6.45) is -2.72. The fraction of sp³-hybridized carbons (Fsp3) is 0.500. The molecule has 0 unspecified atom stereocenters. The van der Waals surface area contributed by atoms with Crippen molar-refractivity contribution in [2.75, 3.05) is 0 Å². The van der Waals surface area contributed by atoms with Crippen LogP contribution >= 0.6 is 0 Å². The monoisotopic (exact) mass is 263 g/mol. The third-order valence-corrected chi connectivity index (χ3v) is 1.25. The maximum atomic E-state index is 10.1. The van der Waals surface area contributed by atoms with E-state index in [1.807, 2.05) is 0 Å². The molecule has 0 heterocycles. The summed E-state index contributed by atoms with van der Waals surface area (Å²) < 4.78 is 0. The smallest absolute Gasteiger partial charge is 0.550 e. The summed E-state index contributed by atoms with van der Waals surface area (Å²) in [4.78, 5) is 30.0. The molecule has 87 valence electrons. The summed E-state index contributed by atoms with van der Waals surface area (Å²) in [7, 11) is 0. The molecule has 0 aliphatic carbocycles. The van der Waals surface area contributed by atoms with Crippen molar-refractivity contribution in [2.45, 2.75) is 18.4 Å². The molecule has 0 spiro atoms. The van der Waals surface area contributed by atoms with E-state index in [0.717, 1.165) is 0 Å². The van der Waals surface area contributed by atoms with Crippen LogP contribution in [0.1, 0.15) is 12.8 Å². The number of rotatable bonds is 5. The van der Waals surface area contributed by atoms with E-state index in [2.05, 4.69) is 0 Å². The summed E-state index contributed by atoms with van der Waals surface area (Å²) in [5.74, 6) is -5.98. The Hall–Kier alpha value is -1.15. The first-order valence-electron chi connectivity index (χ1n) is 3.11. The van der Waals surface area contributed by atoms with E-state index >= 15 is 0 Å². The number of hydrogen-bond donors (Lipinski definition) is 2. The first kappa shape index (κ1) is 19.4. The molecule has 0 aliphatic rings. The molecule has 0 aromatic heterocycles. The molecule has 0 aromatic carbocycles. The molecule has 0 amide bonds. The Labute approximate surface area is 95.0 Å². The van der Waals surface area contributed by atoms with Crippen LogP contribution in [-0.4, -0.2) is 28.6 Å². The molecule has 5 N–H and O–H groups in total. The average Bonchev–Trinajstić information content (AvgIpc) is 1.82. The molecule has 0 saturated carbocycles. The zero-order chi connectivity index (χ0) is 10.6. The van der Waals surface area contributed by atoms with Gasteiger partial charge in [0.05, 0.1) is 5.97 Å². The van der Waals surface area contributed by atoms with Gasteiger partial charge in [-0.3, -0.25) is 0 Å². The van der Waals surface area contributed by atoms with Crippen LogP contribution in [0.3, 0.4) is 0 Å². The Morgan fingerprint density at radius 3 is 1.40 bits per heavy atom. The first-order chi connectivity index (χ1) is 5.78. The molecular formula is C6H9FeNO7+. The summed E-state index contributed by atoms with van der Waals surface area (Å²) >= 11 is 0. The fourth-order valence-corrected chi connectivity index (χ4v) is 0.684. The first-order valence-corrected chi connectivity index (χ1v) is 3.11. The number of aliphatic hydroxyl groups is 1. The van der Waals surface area contributed by atoms with Crippen molar-refractivity contribution in [1.29, 1.82) is 0 Å². The number of quaternary nitrogens is 1. The van der Waals surface area contributed by atoms with Crippen LogP contribution in [0, 0.1) is 0 Å². The van der Waals surface area contributed by atoms with E-state index in [4.69, 9.17) is 5.11 Å². The normalized spacial score (nSPS) is 9.40. The Kier molecular flexibility index (Phi) is 9.30. The molecule has 0 bridgehead atoms. The molecule has 9 heteroatoms. The SMILES string of the molecule is O=C([O-])CC(O)(CC(=O)[O-])C(=O)[O-].[Fe+3].[NH4+]. The van der Waals surface area contributed by atoms with Gasteiger partial charge in [0.2, 0.25) is 0 Å². The minimum absolute atomic E-state index is 0. The van der Waals surface area contributed by atoms with Gasteiger partial charge in [0.1, 0.15) is 5.60 Å². The molecule has 0 saturated heterocycles. The molecule has 0 rings (SSSR count). The van der Waals surface area contributed by atoms with E-state index in [9.17, 15) is 29.7 Å².